The number of fused-ring (bicyclic) bond motifs is 1. The van der Waals surface area contributed by atoms with Crippen molar-refractivity contribution in [1.29, 1.82) is 0 Å². The third kappa shape index (κ3) is 2.80. The first-order chi connectivity index (χ1) is 7.40. The lowest BCUT2D eigenvalue weighted by Gasteiger charge is -2.28. The van der Waals surface area contributed by atoms with E-state index in [2.05, 4.69) is 34.5 Å². The molecule has 1 aromatic carbocycles. The van der Waals surface area contributed by atoms with Gasteiger partial charge in [0, 0.05) is 13.1 Å². The minimum atomic E-state index is 1.12. The van der Waals surface area contributed by atoms with E-state index in [0.29, 0.717) is 0 Å². The third-order valence-corrected chi connectivity index (χ3v) is 3.11. The molecule has 0 saturated carbocycles. The number of benzene rings is 1. The first-order valence-corrected chi connectivity index (χ1v) is 5.84. The van der Waals surface area contributed by atoms with E-state index in [4.69, 9.17) is 0 Å². The molecule has 0 unspecified atom stereocenters. The molecule has 0 fully saturated rings. The fourth-order valence-electron chi connectivity index (χ4n) is 2.22. The Morgan fingerprint density at radius 2 is 2.07 bits per heavy atom. The largest absolute Gasteiger partial charge is 0.320 e. The first kappa shape index (κ1) is 10.7. The summed E-state index contributed by atoms with van der Waals surface area (Å²) in [6, 6.07) is 8.82. The van der Waals surface area contributed by atoms with Crippen molar-refractivity contribution in [1.82, 2.24) is 10.2 Å². The summed E-state index contributed by atoms with van der Waals surface area (Å²) < 4.78 is 0. The molecule has 82 valence electrons. The van der Waals surface area contributed by atoms with Gasteiger partial charge in [-0.15, -0.1) is 0 Å². The second-order valence-corrected chi connectivity index (χ2v) is 4.25. The van der Waals surface area contributed by atoms with Crippen LogP contribution in [-0.4, -0.2) is 31.6 Å². The Morgan fingerprint density at radius 3 is 2.87 bits per heavy atom. The van der Waals surface area contributed by atoms with E-state index in [0.717, 1.165) is 13.1 Å². The van der Waals surface area contributed by atoms with Crippen molar-refractivity contribution in [2.24, 2.45) is 0 Å². The van der Waals surface area contributed by atoms with Gasteiger partial charge in [0.25, 0.3) is 0 Å². The molecule has 1 aliphatic heterocycles. The fraction of sp³-hybridized carbons (Fsp3) is 0.538. The number of hydrogen-bond donors (Lipinski definition) is 1. The number of nitrogens with one attached hydrogen (secondary N) is 1. The van der Waals surface area contributed by atoms with Gasteiger partial charge in [-0.2, -0.15) is 0 Å². The minimum Gasteiger partial charge on any atom is -0.320 e. The van der Waals surface area contributed by atoms with Crippen LogP contribution in [0, 0.1) is 0 Å². The van der Waals surface area contributed by atoms with Crippen molar-refractivity contribution >= 4 is 0 Å². The van der Waals surface area contributed by atoms with Crippen molar-refractivity contribution in [3.05, 3.63) is 35.4 Å². The Kier molecular flexibility index (Phi) is 3.75. The molecule has 1 heterocycles. The Balaban J connectivity index is 1.88. The maximum absolute atomic E-state index is 3.20. The van der Waals surface area contributed by atoms with Gasteiger partial charge in [0.05, 0.1) is 0 Å². The lowest BCUT2D eigenvalue weighted by Crippen LogP contribution is -2.32. The van der Waals surface area contributed by atoms with Gasteiger partial charge in [0.15, 0.2) is 0 Å². The lowest BCUT2D eigenvalue weighted by molar-refractivity contribution is 0.251. The summed E-state index contributed by atoms with van der Waals surface area (Å²) in [5.41, 5.74) is 3.07. The van der Waals surface area contributed by atoms with Crippen molar-refractivity contribution in [2.75, 3.05) is 26.7 Å². The Morgan fingerprint density at radius 1 is 1.27 bits per heavy atom. The Labute approximate surface area is 92.3 Å². The van der Waals surface area contributed by atoms with Crippen LogP contribution in [0.4, 0.5) is 0 Å². The molecule has 0 bridgehead atoms. The van der Waals surface area contributed by atoms with Gasteiger partial charge in [-0.1, -0.05) is 24.3 Å². The van der Waals surface area contributed by atoms with Gasteiger partial charge in [-0.3, -0.25) is 4.90 Å². The molecule has 0 aliphatic carbocycles. The summed E-state index contributed by atoms with van der Waals surface area (Å²) in [7, 11) is 2.02. The van der Waals surface area contributed by atoms with Crippen LogP contribution >= 0.6 is 0 Å². The smallest absolute Gasteiger partial charge is 0.0236 e. The Bertz CT molecular complexity index is 309. The molecule has 2 rings (SSSR count). The quantitative estimate of drug-likeness (QED) is 0.750. The number of nitrogens with zero attached hydrogens (tertiary/aromatic N) is 1. The average molecular weight is 204 g/mol. The first-order valence-electron chi connectivity index (χ1n) is 5.84. The predicted octanol–water partition coefficient (Wildman–Crippen LogP) is 1.65. The maximum Gasteiger partial charge on any atom is 0.0236 e. The highest BCUT2D eigenvalue weighted by Crippen LogP contribution is 2.18. The van der Waals surface area contributed by atoms with E-state index >= 15 is 0 Å². The highest BCUT2D eigenvalue weighted by Gasteiger charge is 2.14. The normalized spacial score (nSPS) is 16.3. The third-order valence-electron chi connectivity index (χ3n) is 3.11. The van der Waals surface area contributed by atoms with Gasteiger partial charge in [-0.05, 0) is 44.1 Å². The molecular weight excluding hydrogens is 184 g/mol. The van der Waals surface area contributed by atoms with Gasteiger partial charge in [0.1, 0.15) is 0 Å². The maximum atomic E-state index is 3.20. The predicted molar refractivity (Wildman–Crippen MR) is 64.0 cm³/mol. The van der Waals surface area contributed by atoms with Gasteiger partial charge >= 0.3 is 0 Å². The van der Waals surface area contributed by atoms with E-state index in [-0.39, 0.29) is 0 Å². The number of hydrogen-bond acceptors (Lipinski definition) is 2. The van der Waals surface area contributed by atoms with Crippen LogP contribution in [0.3, 0.4) is 0 Å². The summed E-state index contributed by atoms with van der Waals surface area (Å²) in [5.74, 6) is 0. The van der Waals surface area contributed by atoms with Crippen molar-refractivity contribution < 1.29 is 0 Å². The van der Waals surface area contributed by atoms with E-state index < -0.39 is 0 Å². The molecule has 0 radical (unpaired) electrons. The second kappa shape index (κ2) is 5.29. The minimum absolute atomic E-state index is 1.12. The van der Waals surface area contributed by atoms with Gasteiger partial charge in [-0.25, -0.2) is 0 Å². The lowest BCUT2D eigenvalue weighted by atomic mass is 10.00. The summed E-state index contributed by atoms with van der Waals surface area (Å²) in [5, 5.41) is 3.20. The topological polar surface area (TPSA) is 15.3 Å². The van der Waals surface area contributed by atoms with E-state index in [1.165, 1.54) is 31.5 Å². The zero-order chi connectivity index (χ0) is 10.5. The molecule has 1 N–H and O–H groups in total. The monoisotopic (exact) mass is 204 g/mol. The average Bonchev–Trinajstić information content (AvgIpc) is 2.29. The summed E-state index contributed by atoms with van der Waals surface area (Å²) in [4.78, 5) is 2.56. The fourth-order valence-corrected chi connectivity index (χ4v) is 2.22. The van der Waals surface area contributed by atoms with Crippen LogP contribution in [0.2, 0.25) is 0 Å². The van der Waals surface area contributed by atoms with Crippen LogP contribution < -0.4 is 5.32 Å². The SMILES string of the molecule is CNCCCN1CCc2ccccc2C1. The summed E-state index contributed by atoms with van der Waals surface area (Å²) in [6.45, 7) is 4.70. The van der Waals surface area contributed by atoms with Crippen LogP contribution in [0.1, 0.15) is 17.5 Å². The molecule has 1 aliphatic rings. The molecule has 1 aromatic rings. The zero-order valence-corrected chi connectivity index (χ0v) is 9.50. The molecule has 2 heteroatoms. The number of rotatable bonds is 4. The summed E-state index contributed by atoms with van der Waals surface area (Å²) in [6.07, 6.45) is 2.47. The molecular formula is C13H20N2. The van der Waals surface area contributed by atoms with E-state index in [9.17, 15) is 0 Å². The van der Waals surface area contributed by atoms with Crippen LogP contribution in [0.25, 0.3) is 0 Å². The molecule has 0 aromatic heterocycles. The van der Waals surface area contributed by atoms with E-state index in [1.807, 2.05) is 7.05 Å². The highest BCUT2D eigenvalue weighted by molar-refractivity contribution is 5.28. The van der Waals surface area contributed by atoms with Gasteiger partial charge < -0.3 is 5.32 Å². The van der Waals surface area contributed by atoms with Crippen molar-refractivity contribution in [3.63, 3.8) is 0 Å². The Hall–Kier alpha value is -0.860. The van der Waals surface area contributed by atoms with Crippen LogP contribution in [0.5, 0.6) is 0 Å². The summed E-state index contributed by atoms with van der Waals surface area (Å²) >= 11 is 0. The van der Waals surface area contributed by atoms with Crippen LogP contribution in [-0.2, 0) is 13.0 Å². The van der Waals surface area contributed by atoms with E-state index in [1.54, 1.807) is 5.56 Å². The molecule has 15 heavy (non-hydrogen) atoms. The van der Waals surface area contributed by atoms with Crippen LogP contribution in [0.15, 0.2) is 24.3 Å². The van der Waals surface area contributed by atoms with Crippen molar-refractivity contribution in [3.8, 4) is 0 Å². The molecule has 0 amide bonds. The van der Waals surface area contributed by atoms with Crippen molar-refractivity contribution in [2.45, 2.75) is 19.4 Å². The molecule has 2 nitrogen and oxygen atoms in total. The highest BCUT2D eigenvalue weighted by atomic mass is 15.1. The van der Waals surface area contributed by atoms with Gasteiger partial charge in [0.2, 0.25) is 0 Å². The second-order valence-electron chi connectivity index (χ2n) is 4.25. The molecule has 0 spiro atoms. The molecule has 0 saturated heterocycles. The molecule has 0 atom stereocenters. The zero-order valence-electron chi connectivity index (χ0n) is 9.50. The standard InChI is InChI=1S/C13H20N2/c1-14-8-4-9-15-10-7-12-5-2-3-6-13(12)11-15/h2-3,5-6,14H,4,7-11H2,1H3.